The van der Waals surface area contributed by atoms with E-state index in [0.29, 0.717) is 17.9 Å². The van der Waals surface area contributed by atoms with E-state index >= 15 is 0 Å². The van der Waals surface area contributed by atoms with Crippen molar-refractivity contribution in [3.63, 3.8) is 0 Å². The van der Waals surface area contributed by atoms with Crippen LogP contribution in [-0.4, -0.2) is 30.1 Å². The van der Waals surface area contributed by atoms with E-state index in [1.807, 2.05) is 0 Å². The third-order valence-electron chi connectivity index (χ3n) is 3.51. The van der Waals surface area contributed by atoms with Crippen molar-refractivity contribution in [2.24, 2.45) is 5.73 Å². The van der Waals surface area contributed by atoms with Crippen molar-refractivity contribution in [2.75, 3.05) is 16.8 Å². The summed E-state index contributed by atoms with van der Waals surface area (Å²) in [5, 5.41) is 2.74. The quantitative estimate of drug-likeness (QED) is 0.828. The summed E-state index contributed by atoms with van der Waals surface area (Å²) >= 11 is 0. The first-order chi connectivity index (χ1) is 11.2. The van der Waals surface area contributed by atoms with E-state index in [1.165, 1.54) is 0 Å². The molecule has 0 unspecified atom stereocenters. The molecule has 1 heterocycles. The van der Waals surface area contributed by atoms with Crippen LogP contribution in [0.5, 0.6) is 0 Å². The number of hydrogen-bond donors (Lipinski definition) is 2. The van der Waals surface area contributed by atoms with E-state index < -0.39 is 17.6 Å². The second kappa shape index (κ2) is 6.90. The van der Waals surface area contributed by atoms with Crippen molar-refractivity contribution in [1.82, 2.24) is 0 Å². The highest BCUT2D eigenvalue weighted by atomic mass is 16.6. The molecule has 24 heavy (non-hydrogen) atoms. The molecule has 0 fully saturated rings. The van der Waals surface area contributed by atoms with Gasteiger partial charge in [0.25, 0.3) is 0 Å². The Morgan fingerprint density at radius 2 is 2.00 bits per heavy atom. The van der Waals surface area contributed by atoms with Crippen LogP contribution in [0.25, 0.3) is 0 Å². The Bertz CT molecular complexity index is 664. The van der Waals surface area contributed by atoms with Crippen molar-refractivity contribution in [1.29, 1.82) is 0 Å². The number of nitrogens with two attached hydrogens (primary N) is 1. The van der Waals surface area contributed by atoms with Gasteiger partial charge < -0.3 is 15.4 Å². The Labute approximate surface area is 141 Å². The van der Waals surface area contributed by atoms with Crippen LogP contribution in [0.1, 0.15) is 39.2 Å². The number of primary amides is 1. The molecule has 7 nitrogen and oxygen atoms in total. The number of nitrogens with one attached hydrogen (secondary N) is 1. The van der Waals surface area contributed by atoms with Gasteiger partial charge in [0.2, 0.25) is 11.8 Å². The van der Waals surface area contributed by atoms with Gasteiger partial charge in [0.05, 0.1) is 0 Å². The number of carbonyl (C=O) groups excluding carboxylic acids is 3. The van der Waals surface area contributed by atoms with Crippen molar-refractivity contribution in [2.45, 2.75) is 45.6 Å². The molecule has 130 valence electrons. The summed E-state index contributed by atoms with van der Waals surface area (Å²) < 4.78 is 5.27. The summed E-state index contributed by atoms with van der Waals surface area (Å²) in [6.45, 7) is 5.89. The molecule has 0 radical (unpaired) electrons. The molecule has 2 rings (SSSR count). The van der Waals surface area contributed by atoms with Gasteiger partial charge in [-0.2, -0.15) is 0 Å². The second-order valence-corrected chi connectivity index (χ2v) is 6.72. The van der Waals surface area contributed by atoms with Gasteiger partial charge in [-0.3, -0.25) is 14.9 Å². The SMILES string of the molecule is CC(C)(C)OC(=O)Nc1cccc2c1CCCN2C(=O)CC(N)=O. The summed E-state index contributed by atoms with van der Waals surface area (Å²) in [6, 6.07) is 5.32. The highest BCUT2D eigenvalue weighted by Crippen LogP contribution is 2.33. The van der Waals surface area contributed by atoms with Gasteiger partial charge in [-0.1, -0.05) is 6.07 Å². The molecule has 0 saturated heterocycles. The lowest BCUT2D eigenvalue weighted by Crippen LogP contribution is -2.38. The third-order valence-corrected chi connectivity index (χ3v) is 3.51. The van der Waals surface area contributed by atoms with Gasteiger partial charge in [-0.25, -0.2) is 4.79 Å². The van der Waals surface area contributed by atoms with Crippen molar-refractivity contribution in [3.05, 3.63) is 23.8 Å². The van der Waals surface area contributed by atoms with Crippen LogP contribution in [0.4, 0.5) is 16.2 Å². The Balaban J connectivity index is 2.24. The number of carbonyl (C=O) groups is 3. The van der Waals surface area contributed by atoms with E-state index in [4.69, 9.17) is 10.5 Å². The number of amides is 3. The lowest BCUT2D eigenvalue weighted by Gasteiger charge is -2.31. The van der Waals surface area contributed by atoms with Crippen LogP contribution in [-0.2, 0) is 20.7 Å². The van der Waals surface area contributed by atoms with Gasteiger partial charge in [-0.15, -0.1) is 0 Å². The van der Waals surface area contributed by atoms with Crippen molar-refractivity contribution >= 4 is 29.3 Å². The lowest BCUT2D eigenvalue weighted by molar-refractivity contribution is -0.126. The first-order valence-corrected chi connectivity index (χ1v) is 7.88. The number of ether oxygens (including phenoxy) is 1. The highest BCUT2D eigenvalue weighted by molar-refractivity contribution is 6.05. The summed E-state index contributed by atoms with van der Waals surface area (Å²) in [5.74, 6) is -0.993. The zero-order valence-electron chi connectivity index (χ0n) is 14.2. The maximum Gasteiger partial charge on any atom is 0.412 e. The summed E-state index contributed by atoms with van der Waals surface area (Å²) in [4.78, 5) is 36.8. The minimum atomic E-state index is -0.657. The van der Waals surface area contributed by atoms with Crippen LogP contribution in [0.2, 0.25) is 0 Å². The fraction of sp³-hybridized carbons (Fsp3) is 0.471. The average Bonchev–Trinajstić information content (AvgIpc) is 2.44. The van der Waals surface area contributed by atoms with Gasteiger partial charge in [-0.05, 0) is 51.3 Å². The van der Waals surface area contributed by atoms with E-state index in [2.05, 4.69) is 5.32 Å². The molecule has 0 spiro atoms. The van der Waals surface area contributed by atoms with E-state index in [0.717, 1.165) is 18.4 Å². The second-order valence-electron chi connectivity index (χ2n) is 6.72. The van der Waals surface area contributed by atoms with Gasteiger partial charge in [0.1, 0.15) is 12.0 Å². The zero-order chi connectivity index (χ0) is 17.9. The lowest BCUT2D eigenvalue weighted by atomic mass is 9.99. The van der Waals surface area contributed by atoms with Crippen LogP contribution in [0.3, 0.4) is 0 Å². The topological polar surface area (TPSA) is 102 Å². The Morgan fingerprint density at radius 1 is 1.29 bits per heavy atom. The molecule has 0 bridgehead atoms. The number of nitrogens with zero attached hydrogens (tertiary/aromatic N) is 1. The summed E-state index contributed by atoms with van der Waals surface area (Å²) in [7, 11) is 0. The normalized spacial score (nSPS) is 13.9. The van der Waals surface area contributed by atoms with Gasteiger partial charge in [0, 0.05) is 17.9 Å². The molecular weight excluding hydrogens is 310 g/mol. The standard InChI is InChI=1S/C17H23N3O4/c1-17(2,3)24-16(23)19-12-7-4-8-13-11(12)6-5-9-20(13)15(22)10-14(18)21/h4,7-8H,5-6,9-10H2,1-3H3,(H2,18,21)(H,19,23). The molecule has 3 N–H and O–H groups in total. The Kier molecular flexibility index (Phi) is 5.11. The fourth-order valence-electron chi connectivity index (χ4n) is 2.66. The van der Waals surface area contributed by atoms with Gasteiger partial charge in [0.15, 0.2) is 0 Å². The molecule has 3 amide bonds. The van der Waals surface area contributed by atoms with Crippen molar-refractivity contribution in [3.8, 4) is 0 Å². The number of rotatable bonds is 3. The van der Waals surface area contributed by atoms with Crippen LogP contribution in [0, 0.1) is 0 Å². The monoisotopic (exact) mass is 333 g/mol. The predicted octanol–water partition coefficient (Wildman–Crippen LogP) is 2.19. The predicted molar refractivity (Wildman–Crippen MR) is 90.8 cm³/mol. The summed E-state index contributed by atoms with van der Waals surface area (Å²) in [6.07, 6.45) is 0.589. The van der Waals surface area contributed by atoms with Crippen molar-refractivity contribution < 1.29 is 19.1 Å². The number of benzene rings is 1. The zero-order valence-corrected chi connectivity index (χ0v) is 14.2. The maximum absolute atomic E-state index is 12.2. The smallest absolute Gasteiger partial charge is 0.412 e. The highest BCUT2D eigenvalue weighted by Gasteiger charge is 2.26. The fourth-order valence-corrected chi connectivity index (χ4v) is 2.66. The molecule has 7 heteroatoms. The maximum atomic E-state index is 12.2. The molecule has 0 atom stereocenters. The first kappa shape index (κ1) is 17.8. The number of fused-ring (bicyclic) bond motifs is 1. The molecule has 0 aromatic heterocycles. The van der Waals surface area contributed by atoms with E-state index in [9.17, 15) is 14.4 Å². The molecular formula is C17H23N3O4. The molecule has 1 aliphatic rings. The first-order valence-electron chi connectivity index (χ1n) is 7.88. The van der Waals surface area contributed by atoms with E-state index in [1.54, 1.807) is 43.9 Å². The number of anilines is 2. The summed E-state index contributed by atoms with van der Waals surface area (Å²) in [5.41, 5.74) is 6.68. The molecule has 1 aromatic carbocycles. The van der Waals surface area contributed by atoms with Crippen LogP contribution < -0.4 is 16.0 Å². The molecule has 1 aromatic rings. The minimum absolute atomic E-state index is 0.330. The molecule has 0 aliphatic carbocycles. The number of hydrogen-bond acceptors (Lipinski definition) is 4. The minimum Gasteiger partial charge on any atom is -0.444 e. The molecule has 0 saturated carbocycles. The Morgan fingerprint density at radius 3 is 2.62 bits per heavy atom. The third kappa shape index (κ3) is 4.47. The van der Waals surface area contributed by atoms with Crippen LogP contribution >= 0.6 is 0 Å². The Hall–Kier alpha value is -2.57. The van der Waals surface area contributed by atoms with Crippen LogP contribution in [0.15, 0.2) is 18.2 Å². The molecule has 1 aliphatic heterocycles. The van der Waals surface area contributed by atoms with Gasteiger partial charge >= 0.3 is 6.09 Å². The largest absolute Gasteiger partial charge is 0.444 e. The van der Waals surface area contributed by atoms with E-state index in [-0.39, 0.29) is 12.3 Å². The average molecular weight is 333 g/mol.